The molecule has 4 heteroatoms. The molecule has 0 atom stereocenters. The van der Waals surface area contributed by atoms with Crippen molar-refractivity contribution in [2.24, 2.45) is 0 Å². The summed E-state index contributed by atoms with van der Waals surface area (Å²) in [4.78, 5) is 22.5. The van der Waals surface area contributed by atoms with Crippen molar-refractivity contribution in [1.29, 1.82) is 0 Å². The van der Waals surface area contributed by atoms with E-state index in [1.54, 1.807) is 0 Å². The molecule has 0 spiro atoms. The molecular formula is C13H15BrO3. The number of ketones is 1. The molecular weight excluding hydrogens is 284 g/mol. The van der Waals surface area contributed by atoms with E-state index in [0.717, 1.165) is 16.7 Å². The Balaban J connectivity index is 2.86. The molecule has 1 aromatic carbocycles. The summed E-state index contributed by atoms with van der Waals surface area (Å²) in [5.41, 5.74) is 2.87. The highest BCUT2D eigenvalue weighted by atomic mass is 79.9. The molecule has 92 valence electrons. The van der Waals surface area contributed by atoms with Crippen LogP contribution in [0.1, 0.15) is 16.7 Å². The molecule has 1 rings (SSSR count). The summed E-state index contributed by atoms with van der Waals surface area (Å²) in [6.45, 7) is 1.95. The van der Waals surface area contributed by atoms with Crippen LogP contribution in [0.2, 0.25) is 0 Å². The van der Waals surface area contributed by atoms with Crippen molar-refractivity contribution in [3.8, 4) is 0 Å². The van der Waals surface area contributed by atoms with Crippen molar-refractivity contribution in [3.63, 3.8) is 0 Å². The van der Waals surface area contributed by atoms with Crippen LogP contribution < -0.4 is 0 Å². The predicted octanol–water partition coefficient (Wildman–Crippen LogP) is 2.22. The molecule has 0 heterocycles. The Labute approximate surface area is 109 Å². The van der Waals surface area contributed by atoms with Crippen LogP contribution in [0.5, 0.6) is 0 Å². The third kappa shape index (κ3) is 4.69. The highest BCUT2D eigenvalue weighted by Crippen LogP contribution is 2.12. The van der Waals surface area contributed by atoms with E-state index in [0.29, 0.717) is 11.8 Å². The third-order valence-electron chi connectivity index (χ3n) is 2.32. The summed E-state index contributed by atoms with van der Waals surface area (Å²) in [5.74, 6) is -0.145. The first kappa shape index (κ1) is 13.9. The normalized spacial score (nSPS) is 10.1. The largest absolute Gasteiger partial charge is 0.469 e. The maximum absolute atomic E-state index is 11.3. The fourth-order valence-corrected chi connectivity index (χ4v) is 1.86. The monoisotopic (exact) mass is 298 g/mol. The Morgan fingerprint density at radius 2 is 1.76 bits per heavy atom. The zero-order valence-corrected chi connectivity index (χ0v) is 11.5. The van der Waals surface area contributed by atoms with E-state index in [1.165, 1.54) is 7.11 Å². The summed E-state index contributed by atoms with van der Waals surface area (Å²) in [6, 6.07) is 5.77. The molecule has 1 aromatic rings. The predicted molar refractivity (Wildman–Crippen MR) is 69.4 cm³/mol. The van der Waals surface area contributed by atoms with E-state index < -0.39 is 0 Å². The summed E-state index contributed by atoms with van der Waals surface area (Å²) in [5, 5.41) is 0.354. The average molecular weight is 299 g/mol. The molecule has 0 aliphatic rings. The minimum absolute atomic E-state index is 0.125. The quantitative estimate of drug-likeness (QED) is 0.618. The van der Waals surface area contributed by atoms with Gasteiger partial charge in [0.25, 0.3) is 0 Å². The van der Waals surface area contributed by atoms with Gasteiger partial charge in [0.15, 0.2) is 0 Å². The van der Waals surface area contributed by atoms with Crippen LogP contribution in [0.4, 0.5) is 0 Å². The number of rotatable bonds is 5. The van der Waals surface area contributed by atoms with Crippen LogP contribution in [-0.2, 0) is 27.2 Å². The van der Waals surface area contributed by atoms with Gasteiger partial charge in [0, 0.05) is 6.42 Å². The topological polar surface area (TPSA) is 43.4 Å². The number of carbonyl (C=O) groups is 2. The Kier molecular flexibility index (Phi) is 5.35. The van der Waals surface area contributed by atoms with Crippen molar-refractivity contribution in [2.45, 2.75) is 19.8 Å². The molecule has 0 fully saturated rings. The molecule has 17 heavy (non-hydrogen) atoms. The Bertz CT molecular complexity index is 390. The second-order valence-electron chi connectivity index (χ2n) is 3.93. The van der Waals surface area contributed by atoms with E-state index >= 15 is 0 Å². The second-order valence-corrected chi connectivity index (χ2v) is 4.49. The Hall–Kier alpha value is -1.16. The maximum Gasteiger partial charge on any atom is 0.309 e. The minimum atomic E-state index is -0.270. The molecule has 0 radical (unpaired) electrons. The molecule has 0 bridgehead atoms. The van der Waals surface area contributed by atoms with Crippen LogP contribution >= 0.6 is 15.9 Å². The lowest BCUT2D eigenvalue weighted by Crippen LogP contribution is -2.07. The van der Waals surface area contributed by atoms with Crippen LogP contribution in [-0.4, -0.2) is 24.2 Å². The first-order valence-corrected chi connectivity index (χ1v) is 6.41. The summed E-state index contributed by atoms with van der Waals surface area (Å²) < 4.78 is 4.62. The number of benzene rings is 1. The number of carbonyl (C=O) groups excluding carboxylic acids is 2. The number of esters is 1. The molecule has 0 amide bonds. The fourth-order valence-electron chi connectivity index (χ4n) is 1.67. The summed E-state index contributed by atoms with van der Waals surface area (Å²) in [7, 11) is 1.37. The molecule has 0 unspecified atom stereocenters. The van der Waals surface area contributed by atoms with Gasteiger partial charge in [0.1, 0.15) is 5.78 Å². The smallest absolute Gasteiger partial charge is 0.309 e. The number of alkyl halides is 1. The number of hydrogen-bond acceptors (Lipinski definition) is 3. The molecule has 0 N–H and O–H groups in total. The Morgan fingerprint density at radius 1 is 1.18 bits per heavy atom. The Morgan fingerprint density at radius 3 is 2.29 bits per heavy atom. The minimum Gasteiger partial charge on any atom is -0.469 e. The van der Waals surface area contributed by atoms with Gasteiger partial charge in [-0.05, 0) is 18.1 Å². The van der Waals surface area contributed by atoms with Crippen molar-refractivity contribution in [3.05, 3.63) is 34.9 Å². The second kappa shape index (κ2) is 6.55. The average Bonchev–Trinajstić information content (AvgIpc) is 2.27. The summed E-state index contributed by atoms with van der Waals surface area (Å²) in [6.07, 6.45) is 0.634. The van der Waals surface area contributed by atoms with Crippen molar-refractivity contribution < 1.29 is 14.3 Å². The first-order valence-electron chi connectivity index (χ1n) is 5.29. The van der Waals surface area contributed by atoms with Crippen LogP contribution in [0.15, 0.2) is 18.2 Å². The van der Waals surface area contributed by atoms with Gasteiger partial charge in [-0.3, -0.25) is 9.59 Å². The number of ether oxygens (including phenoxy) is 1. The number of hydrogen-bond donors (Lipinski definition) is 0. The number of Topliss-reactive ketones (excluding diaryl/α,β-unsaturated/α-hetero) is 1. The third-order valence-corrected chi connectivity index (χ3v) is 2.95. The van der Waals surface area contributed by atoms with Gasteiger partial charge in [-0.25, -0.2) is 0 Å². The lowest BCUT2D eigenvalue weighted by atomic mass is 10.0. The molecule has 0 saturated carbocycles. The van der Waals surface area contributed by atoms with Gasteiger partial charge in [-0.1, -0.05) is 39.7 Å². The van der Waals surface area contributed by atoms with Gasteiger partial charge >= 0.3 is 5.97 Å². The highest BCUT2D eigenvalue weighted by molar-refractivity contribution is 9.09. The van der Waals surface area contributed by atoms with Crippen LogP contribution in [0.25, 0.3) is 0 Å². The highest BCUT2D eigenvalue weighted by Gasteiger charge is 2.07. The van der Waals surface area contributed by atoms with E-state index in [-0.39, 0.29) is 18.2 Å². The molecule has 0 aliphatic heterocycles. The molecule has 0 aliphatic carbocycles. The molecule has 0 aromatic heterocycles. The van der Waals surface area contributed by atoms with Gasteiger partial charge in [-0.2, -0.15) is 0 Å². The molecule has 3 nitrogen and oxygen atoms in total. The van der Waals surface area contributed by atoms with Gasteiger partial charge in [0.05, 0.1) is 18.9 Å². The van der Waals surface area contributed by atoms with Gasteiger partial charge in [-0.15, -0.1) is 0 Å². The fraction of sp³-hybridized carbons (Fsp3) is 0.385. The van der Waals surface area contributed by atoms with E-state index in [2.05, 4.69) is 20.7 Å². The van der Waals surface area contributed by atoms with Crippen molar-refractivity contribution in [1.82, 2.24) is 0 Å². The van der Waals surface area contributed by atoms with Gasteiger partial charge in [0.2, 0.25) is 0 Å². The number of aryl methyl sites for hydroxylation is 1. The van der Waals surface area contributed by atoms with Crippen molar-refractivity contribution in [2.75, 3.05) is 12.4 Å². The van der Waals surface area contributed by atoms with E-state index in [4.69, 9.17) is 0 Å². The van der Waals surface area contributed by atoms with E-state index in [1.807, 2.05) is 25.1 Å². The van der Waals surface area contributed by atoms with Crippen molar-refractivity contribution >= 4 is 27.7 Å². The van der Waals surface area contributed by atoms with Gasteiger partial charge < -0.3 is 4.74 Å². The lowest BCUT2D eigenvalue weighted by Gasteiger charge is -2.06. The van der Waals surface area contributed by atoms with Crippen LogP contribution in [0.3, 0.4) is 0 Å². The zero-order valence-electron chi connectivity index (χ0n) is 9.96. The molecule has 0 saturated heterocycles. The number of methoxy groups -OCH3 is 1. The lowest BCUT2D eigenvalue weighted by molar-refractivity contribution is -0.139. The van der Waals surface area contributed by atoms with Crippen LogP contribution in [0, 0.1) is 6.92 Å². The summed E-state index contributed by atoms with van der Waals surface area (Å²) >= 11 is 3.14. The van der Waals surface area contributed by atoms with E-state index in [9.17, 15) is 9.59 Å². The maximum atomic E-state index is 11.3. The zero-order chi connectivity index (χ0) is 12.8. The standard InChI is InChI=1S/C13H15BrO3/c1-9-3-10(6-12(15)8-14)5-11(4-9)7-13(16)17-2/h3-5H,6-8H2,1-2H3. The first-order chi connectivity index (χ1) is 8.05. The number of halogens is 1. The SMILES string of the molecule is COC(=O)Cc1cc(C)cc(CC(=O)CBr)c1.